The van der Waals surface area contributed by atoms with Crippen LogP contribution in [0.3, 0.4) is 0 Å². The summed E-state index contributed by atoms with van der Waals surface area (Å²) >= 11 is 0. The maximum absolute atomic E-state index is 6.22. The van der Waals surface area contributed by atoms with Crippen molar-refractivity contribution in [3.8, 4) is 0 Å². The first-order valence-electron chi connectivity index (χ1n) is 7.90. The van der Waals surface area contributed by atoms with Crippen molar-refractivity contribution in [3.05, 3.63) is 29.8 Å². The van der Waals surface area contributed by atoms with E-state index < -0.39 is 0 Å². The Balaban J connectivity index is 1.98. The topological polar surface area (TPSA) is 29.3 Å². The van der Waals surface area contributed by atoms with Crippen molar-refractivity contribution in [1.82, 2.24) is 0 Å². The molecule has 19 heavy (non-hydrogen) atoms. The molecule has 104 valence electrons. The molecule has 3 rings (SSSR count). The van der Waals surface area contributed by atoms with Gasteiger partial charge in [0.25, 0.3) is 0 Å². The molecule has 0 radical (unpaired) electrons. The third-order valence-electron chi connectivity index (χ3n) is 5.12. The van der Waals surface area contributed by atoms with E-state index in [2.05, 4.69) is 29.2 Å². The summed E-state index contributed by atoms with van der Waals surface area (Å²) in [5.41, 5.74) is 9.46. The standard InChI is InChI=1S/C17H26N2/c18-14-17(10-4-1-5-11-17)15-8-2-3-9-16(15)19-12-6-7-13-19/h2-3,8-9H,1,4-7,10-14,18H2. The summed E-state index contributed by atoms with van der Waals surface area (Å²) in [5.74, 6) is 0. The summed E-state index contributed by atoms with van der Waals surface area (Å²) in [4.78, 5) is 2.57. The lowest BCUT2D eigenvalue weighted by Gasteiger charge is -2.39. The minimum Gasteiger partial charge on any atom is -0.371 e. The summed E-state index contributed by atoms with van der Waals surface area (Å²) in [6.07, 6.45) is 9.28. The normalized spacial score (nSPS) is 22.7. The van der Waals surface area contributed by atoms with Gasteiger partial charge in [0.2, 0.25) is 0 Å². The third kappa shape index (κ3) is 2.38. The molecule has 1 aliphatic heterocycles. The molecular weight excluding hydrogens is 232 g/mol. The molecule has 0 aromatic heterocycles. The molecule has 1 aromatic rings. The zero-order valence-electron chi connectivity index (χ0n) is 11.9. The monoisotopic (exact) mass is 258 g/mol. The van der Waals surface area contributed by atoms with Crippen molar-refractivity contribution >= 4 is 5.69 Å². The molecule has 0 bridgehead atoms. The van der Waals surface area contributed by atoms with Crippen LogP contribution >= 0.6 is 0 Å². The number of nitrogens with zero attached hydrogens (tertiary/aromatic N) is 1. The highest BCUT2D eigenvalue weighted by Gasteiger charge is 2.35. The molecule has 2 fully saturated rings. The Labute approximate surface area is 117 Å². The first-order valence-corrected chi connectivity index (χ1v) is 7.90. The van der Waals surface area contributed by atoms with Crippen LogP contribution in [0.2, 0.25) is 0 Å². The average molecular weight is 258 g/mol. The lowest BCUT2D eigenvalue weighted by Crippen LogP contribution is -2.38. The zero-order valence-corrected chi connectivity index (χ0v) is 11.9. The maximum Gasteiger partial charge on any atom is 0.0404 e. The van der Waals surface area contributed by atoms with E-state index in [-0.39, 0.29) is 5.41 Å². The number of nitrogens with two attached hydrogens (primary N) is 1. The van der Waals surface area contributed by atoms with E-state index in [1.807, 2.05) is 0 Å². The Hall–Kier alpha value is -1.02. The van der Waals surface area contributed by atoms with Crippen LogP contribution in [-0.4, -0.2) is 19.6 Å². The number of hydrogen-bond donors (Lipinski definition) is 1. The van der Waals surface area contributed by atoms with Gasteiger partial charge in [0.05, 0.1) is 0 Å². The van der Waals surface area contributed by atoms with Gasteiger partial charge in [0, 0.05) is 30.7 Å². The fraction of sp³-hybridized carbons (Fsp3) is 0.647. The number of para-hydroxylation sites is 1. The van der Waals surface area contributed by atoms with Crippen LogP contribution in [0.5, 0.6) is 0 Å². The van der Waals surface area contributed by atoms with Crippen molar-refractivity contribution in [2.24, 2.45) is 5.73 Å². The molecule has 2 N–H and O–H groups in total. The van der Waals surface area contributed by atoms with E-state index in [1.165, 1.54) is 69.3 Å². The van der Waals surface area contributed by atoms with Crippen molar-refractivity contribution < 1.29 is 0 Å². The summed E-state index contributed by atoms with van der Waals surface area (Å²) < 4.78 is 0. The summed E-state index contributed by atoms with van der Waals surface area (Å²) in [7, 11) is 0. The van der Waals surface area contributed by atoms with Crippen molar-refractivity contribution in [2.45, 2.75) is 50.4 Å². The minimum atomic E-state index is 0.247. The highest BCUT2D eigenvalue weighted by atomic mass is 15.1. The zero-order chi connectivity index (χ0) is 13.1. The third-order valence-corrected chi connectivity index (χ3v) is 5.12. The van der Waals surface area contributed by atoms with Crippen LogP contribution in [0, 0.1) is 0 Å². The fourth-order valence-corrected chi connectivity index (χ4v) is 3.97. The molecule has 0 atom stereocenters. The largest absolute Gasteiger partial charge is 0.371 e. The van der Waals surface area contributed by atoms with Gasteiger partial charge in [-0.3, -0.25) is 0 Å². The Morgan fingerprint density at radius 2 is 1.63 bits per heavy atom. The molecular formula is C17H26N2. The summed E-state index contributed by atoms with van der Waals surface area (Å²) in [5, 5.41) is 0. The smallest absolute Gasteiger partial charge is 0.0404 e. The van der Waals surface area contributed by atoms with E-state index in [4.69, 9.17) is 5.73 Å². The second kappa shape index (κ2) is 5.54. The number of anilines is 1. The fourth-order valence-electron chi connectivity index (χ4n) is 3.97. The van der Waals surface area contributed by atoms with Crippen molar-refractivity contribution in [3.63, 3.8) is 0 Å². The van der Waals surface area contributed by atoms with E-state index in [0.717, 1.165) is 6.54 Å². The van der Waals surface area contributed by atoms with E-state index in [0.29, 0.717) is 0 Å². The predicted molar refractivity (Wildman–Crippen MR) is 81.7 cm³/mol. The van der Waals surface area contributed by atoms with Gasteiger partial charge in [-0.05, 0) is 37.3 Å². The lowest BCUT2D eigenvalue weighted by molar-refractivity contribution is 0.301. The molecule has 1 heterocycles. The highest BCUT2D eigenvalue weighted by Crippen LogP contribution is 2.43. The van der Waals surface area contributed by atoms with Crippen LogP contribution in [0.15, 0.2) is 24.3 Å². The van der Waals surface area contributed by atoms with Crippen LogP contribution in [0.1, 0.15) is 50.5 Å². The molecule has 0 spiro atoms. The molecule has 1 aliphatic carbocycles. The Morgan fingerprint density at radius 1 is 0.947 bits per heavy atom. The van der Waals surface area contributed by atoms with Gasteiger partial charge < -0.3 is 10.6 Å². The molecule has 2 nitrogen and oxygen atoms in total. The molecule has 1 aromatic carbocycles. The first-order chi connectivity index (χ1) is 9.36. The Kier molecular flexibility index (Phi) is 3.79. The number of rotatable bonds is 3. The molecule has 2 heteroatoms. The second-order valence-corrected chi connectivity index (χ2v) is 6.26. The highest BCUT2D eigenvalue weighted by molar-refractivity contribution is 5.57. The Bertz CT molecular complexity index is 415. The molecule has 2 aliphatic rings. The van der Waals surface area contributed by atoms with E-state index >= 15 is 0 Å². The van der Waals surface area contributed by atoms with E-state index in [1.54, 1.807) is 0 Å². The summed E-state index contributed by atoms with van der Waals surface area (Å²) in [6, 6.07) is 9.03. The molecule has 1 saturated heterocycles. The van der Waals surface area contributed by atoms with Gasteiger partial charge in [-0.25, -0.2) is 0 Å². The van der Waals surface area contributed by atoms with Crippen molar-refractivity contribution in [2.75, 3.05) is 24.5 Å². The number of benzene rings is 1. The van der Waals surface area contributed by atoms with Gasteiger partial charge in [-0.15, -0.1) is 0 Å². The summed E-state index contributed by atoms with van der Waals surface area (Å²) in [6.45, 7) is 3.24. The van der Waals surface area contributed by atoms with Gasteiger partial charge in [0.15, 0.2) is 0 Å². The van der Waals surface area contributed by atoms with Gasteiger partial charge in [-0.2, -0.15) is 0 Å². The van der Waals surface area contributed by atoms with Crippen LogP contribution in [0.4, 0.5) is 5.69 Å². The van der Waals surface area contributed by atoms with Crippen LogP contribution < -0.4 is 10.6 Å². The lowest BCUT2D eigenvalue weighted by atomic mass is 9.69. The molecule has 0 amide bonds. The van der Waals surface area contributed by atoms with Gasteiger partial charge >= 0.3 is 0 Å². The number of hydrogen-bond acceptors (Lipinski definition) is 2. The second-order valence-electron chi connectivity index (χ2n) is 6.26. The maximum atomic E-state index is 6.22. The van der Waals surface area contributed by atoms with Gasteiger partial charge in [0.1, 0.15) is 0 Å². The molecule has 0 unspecified atom stereocenters. The predicted octanol–water partition coefficient (Wildman–Crippen LogP) is 3.45. The average Bonchev–Trinajstić information content (AvgIpc) is 3.02. The quantitative estimate of drug-likeness (QED) is 0.900. The SMILES string of the molecule is NCC1(c2ccccc2N2CCCC2)CCCCC1. The van der Waals surface area contributed by atoms with Gasteiger partial charge in [-0.1, -0.05) is 37.5 Å². The Morgan fingerprint density at radius 3 is 2.32 bits per heavy atom. The minimum absolute atomic E-state index is 0.247. The molecule has 1 saturated carbocycles. The van der Waals surface area contributed by atoms with E-state index in [9.17, 15) is 0 Å². The first kappa shape index (κ1) is 13.0. The van der Waals surface area contributed by atoms with Crippen LogP contribution in [-0.2, 0) is 5.41 Å². The van der Waals surface area contributed by atoms with Crippen LogP contribution in [0.25, 0.3) is 0 Å². The van der Waals surface area contributed by atoms with Crippen molar-refractivity contribution in [1.29, 1.82) is 0 Å².